The summed E-state index contributed by atoms with van der Waals surface area (Å²) in [5, 5.41) is 0. The van der Waals surface area contributed by atoms with Crippen LogP contribution in [0.15, 0.2) is 40.9 Å². The van der Waals surface area contributed by atoms with Gasteiger partial charge in [-0.3, -0.25) is 9.69 Å². The summed E-state index contributed by atoms with van der Waals surface area (Å²) in [4.78, 5) is 21.2. The molecule has 3 heterocycles. The maximum Gasteiger partial charge on any atom is 0.251 e. The monoisotopic (exact) mass is 370 g/mol. The number of piperazine rings is 1. The highest BCUT2D eigenvalue weighted by Gasteiger charge is 2.34. The molecule has 2 aliphatic heterocycles. The molecule has 0 spiro atoms. The van der Waals surface area contributed by atoms with Gasteiger partial charge in [0.15, 0.2) is 5.76 Å². The Balaban J connectivity index is 1.27. The van der Waals surface area contributed by atoms with E-state index in [0.29, 0.717) is 32.1 Å². The Hall–Kier alpha value is -2.22. The molecular formula is C20H26N4O3. The number of hydrogen-bond donors (Lipinski definition) is 1. The number of hydrogen-bond acceptors (Lipinski definition) is 6. The van der Waals surface area contributed by atoms with Crippen molar-refractivity contribution in [3.8, 4) is 11.3 Å². The highest BCUT2D eigenvalue weighted by molar-refractivity contribution is 5.81. The number of nitrogens with two attached hydrogens (primary N) is 1. The molecule has 7 heteroatoms. The van der Waals surface area contributed by atoms with Gasteiger partial charge in [0, 0.05) is 38.3 Å². The molecule has 144 valence electrons. The number of carbonyl (C=O) groups is 1. The molecule has 2 N–H and O–H groups in total. The van der Waals surface area contributed by atoms with Crippen molar-refractivity contribution in [3.05, 3.63) is 42.4 Å². The van der Waals surface area contributed by atoms with Gasteiger partial charge in [-0.15, -0.1) is 0 Å². The number of carbonyl (C=O) groups excluding carboxylic acids is 1. The third kappa shape index (κ3) is 4.21. The molecule has 2 aromatic rings. The van der Waals surface area contributed by atoms with E-state index in [0.717, 1.165) is 37.3 Å². The second-order valence-corrected chi connectivity index (χ2v) is 7.15. The van der Waals surface area contributed by atoms with Crippen molar-refractivity contribution in [2.45, 2.75) is 31.6 Å². The molecule has 2 aliphatic rings. The van der Waals surface area contributed by atoms with E-state index in [2.05, 4.69) is 9.88 Å². The van der Waals surface area contributed by atoms with Gasteiger partial charge in [-0.1, -0.05) is 30.3 Å². The van der Waals surface area contributed by atoms with E-state index in [1.165, 1.54) is 0 Å². The molecule has 2 atom stereocenters. The fourth-order valence-electron chi connectivity index (χ4n) is 3.70. The maximum atomic E-state index is 12.6. The molecular weight excluding hydrogens is 344 g/mol. The number of rotatable bonds is 5. The first kappa shape index (κ1) is 18.2. The van der Waals surface area contributed by atoms with E-state index in [1.807, 2.05) is 35.2 Å². The van der Waals surface area contributed by atoms with Crippen LogP contribution in [-0.4, -0.2) is 65.6 Å². The van der Waals surface area contributed by atoms with Crippen molar-refractivity contribution in [1.29, 1.82) is 0 Å². The number of nitrogens with zero attached hydrogens (tertiary/aromatic N) is 3. The lowest BCUT2D eigenvalue weighted by atomic mass is 10.1. The zero-order chi connectivity index (χ0) is 18.6. The molecule has 2 saturated heterocycles. The summed E-state index contributed by atoms with van der Waals surface area (Å²) in [5.74, 6) is 1.60. The second-order valence-electron chi connectivity index (χ2n) is 7.15. The number of benzene rings is 1. The average molecular weight is 370 g/mol. The van der Waals surface area contributed by atoms with Gasteiger partial charge in [-0.2, -0.15) is 0 Å². The van der Waals surface area contributed by atoms with Crippen LogP contribution in [0.2, 0.25) is 0 Å². The summed E-state index contributed by atoms with van der Waals surface area (Å²) in [6.07, 6.45) is 3.14. The number of aromatic nitrogens is 1. The second kappa shape index (κ2) is 8.21. The predicted molar refractivity (Wildman–Crippen MR) is 101 cm³/mol. The minimum atomic E-state index is -0.315. The van der Waals surface area contributed by atoms with Crippen LogP contribution in [0.3, 0.4) is 0 Å². The van der Waals surface area contributed by atoms with E-state index in [4.69, 9.17) is 14.9 Å². The highest BCUT2D eigenvalue weighted by Crippen LogP contribution is 2.23. The molecule has 0 aliphatic carbocycles. The van der Waals surface area contributed by atoms with Crippen LogP contribution in [0.25, 0.3) is 11.3 Å². The molecule has 2 fully saturated rings. The Morgan fingerprint density at radius 2 is 1.93 bits per heavy atom. The standard InChI is InChI=1S/C20H26N4O3/c21-12-16-6-7-17(26-16)20(25)24-10-8-23(9-11-24)14-19-22-13-18(27-19)15-4-2-1-3-5-15/h1-5,13,16-17H,6-12,14,21H2/t16-,17+/m1/s1. The fourth-order valence-corrected chi connectivity index (χ4v) is 3.70. The van der Waals surface area contributed by atoms with Gasteiger partial charge in [0.25, 0.3) is 5.91 Å². The van der Waals surface area contributed by atoms with Crippen LogP contribution in [0.5, 0.6) is 0 Å². The van der Waals surface area contributed by atoms with E-state index in [-0.39, 0.29) is 18.1 Å². The Morgan fingerprint density at radius 3 is 2.63 bits per heavy atom. The van der Waals surface area contributed by atoms with Crippen molar-refractivity contribution in [2.75, 3.05) is 32.7 Å². The molecule has 0 bridgehead atoms. The van der Waals surface area contributed by atoms with Gasteiger partial charge in [0.1, 0.15) is 6.10 Å². The van der Waals surface area contributed by atoms with Gasteiger partial charge in [-0.25, -0.2) is 4.98 Å². The van der Waals surface area contributed by atoms with Crippen LogP contribution < -0.4 is 5.73 Å². The van der Waals surface area contributed by atoms with Crippen LogP contribution in [0, 0.1) is 0 Å². The van der Waals surface area contributed by atoms with Crippen LogP contribution >= 0.6 is 0 Å². The van der Waals surface area contributed by atoms with Crippen molar-refractivity contribution in [1.82, 2.24) is 14.8 Å². The summed E-state index contributed by atoms with van der Waals surface area (Å²) in [5.41, 5.74) is 6.66. The SMILES string of the molecule is NC[C@H]1CC[C@@H](C(=O)N2CCN(Cc3ncc(-c4ccccc4)o3)CC2)O1. The van der Waals surface area contributed by atoms with Gasteiger partial charge >= 0.3 is 0 Å². The van der Waals surface area contributed by atoms with E-state index < -0.39 is 0 Å². The minimum absolute atomic E-state index is 0.0316. The zero-order valence-corrected chi connectivity index (χ0v) is 15.4. The molecule has 1 amide bonds. The minimum Gasteiger partial charge on any atom is -0.439 e. The summed E-state index contributed by atoms with van der Waals surface area (Å²) in [6.45, 7) is 4.17. The van der Waals surface area contributed by atoms with Gasteiger partial charge in [0.2, 0.25) is 5.89 Å². The van der Waals surface area contributed by atoms with Crippen molar-refractivity contribution < 1.29 is 13.9 Å². The summed E-state index contributed by atoms with van der Waals surface area (Å²) in [7, 11) is 0. The van der Waals surface area contributed by atoms with Crippen molar-refractivity contribution >= 4 is 5.91 Å². The van der Waals surface area contributed by atoms with Crippen LogP contribution in [-0.2, 0) is 16.1 Å². The molecule has 7 nitrogen and oxygen atoms in total. The maximum absolute atomic E-state index is 12.6. The van der Waals surface area contributed by atoms with Gasteiger partial charge in [-0.05, 0) is 12.8 Å². The molecule has 4 rings (SSSR count). The Morgan fingerprint density at radius 1 is 1.15 bits per heavy atom. The number of ether oxygens (including phenoxy) is 1. The first-order valence-electron chi connectivity index (χ1n) is 9.59. The van der Waals surface area contributed by atoms with Crippen LogP contribution in [0.1, 0.15) is 18.7 Å². The zero-order valence-electron chi connectivity index (χ0n) is 15.4. The highest BCUT2D eigenvalue weighted by atomic mass is 16.5. The molecule has 1 aromatic heterocycles. The van der Waals surface area contributed by atoms with Gasteiger partial charge < -0.3 is 19.8 Å². The number of oxazole rings is 1. The topological polar surface area (TPSA) is 84.8 Å². The first-order valence-corrected chi connectivity index (χ1v) is 9.59. The van der Waals surface area contributed by atoms with Crippen molar-refractivity contribution in [2.24, 2.45) is 5.73 Å². The first-order chi connectivity index (χ1) is 13.2. The number of amides is 1. The molecule has 1 aromatic carbocycles. The normalized spacial score (nSPS) is 23.7. The quantitative estimate of drug-likeness (QED) is 0.858. The summed E-state index contributed by atoms with van der Waals surface area (Å²) < 4.78 is 11.6. The van der Waals surface area contributed by atoms with Gasteiger partial charge in [0.05, 0.1) is 18.8 Å². The van der Waals surface area contributed by atoms with Crippen molar-refractivity contribution in [3.63, 3.8) is 0 Å². The van der Waals surface area contributed by atoms with Crippen LogP contribution in [0.4, 0.5) is 0 Å². The largest absolute Gasteiger partial charge is 0.439 e. The molecule has 0 unspecified atom stereocenters. The lowest BCUT2D eigenvalue weighted by Gasteiger charge is -2.35. The summed E-state index contributed by atoms with van der Waals surface area (Å²) in [6, 6.07) is 9.97. The smallest absolute Gasteiger partial charge is 0.251 e. The van der Waals surface area contributed by atoms with E-state index >= 15 is 0 Å². The predicted octanol–water partition coefficient (Wildman–Crippen LogP) is 1.49. The fraction of sp³-hybridized carbons (Fsp3) is 0.500. The van der Waals surface area contributed by atoms with E-state index in [1.54, 1.807) is 6.20 Å². The lowest BCUT2D eigenvalue weighted by Crippen LogP contribution is -2.51. The molecule has 0 radical (unpaired) electrons. The lowest BCUT2D eigenvalue weighted by molar-refractivity contribution is -0.144. The molecule has 27 heavy (non-hydrogen) atoms. The molecule has 0 saturated carbocycles. The van der Waals surface area contributed by atoms with E-state index in [9.17, 15) is 4.79 Å². The average Bonchev–Trinajstić information content (AvgIpc) is 3.38. The third-order valence-corrected chi connectivity index (χ3v) is 5.30. The Bertz CT molecular complexity index is 756. The Kier molecular flexibility index (Phi) is 5.52. The third-order valence-electron chi connectivity index (χ3n) is 5.30. The Labute approximate surface area is 159 Å². The summed E-state index contributed by atoms with van der Waals surface area (Å²) >= 11 is 0.